The van der Waals surface area contributed by atoms with E-state index in [2.05, 4.69) is 15.4 Å². The average molecular weight is 396 g/mol. The van der Waals surface area contributed by atoms with Crippen molar-refractivity contribution in [3.8, 4) is 5.69 Å². The first-order valence-corrected chi connectivity index (χ1v) is 8.72. The number of pyridine rings is 1. The van der Waals surface area contributed by atoms with Gasteiger partial charge in [0, 0.05) is 17.3 Å². The van der Waals surface area contributed by atoms with E-state index < -0.39 is 23.2 Å². The Bertz CT molecular complexity index is 1210. The first-order chi connectivity index (χ1) is 13.8. The van der Waals surface area contributed by atoms with Gasteiger partial charge >= 0.3 is 6.18 Å². The highest BCUT2D eigenvalue weighted by molar-refractivity contribution is 6.09. The molecule has 0 saturated heterocycles. The van der Waals surface area contributed by atoms with E-state index in [0.717, 1.165) is 23.5 Å². The predicted octanol–water partition coefficient (Wildman–Crippen LogP) is 5.00. The molecule has 0 saturated carbocycles. The fraction of sp³-hybridized carbons (Fsp3) is 0.0952. The molecule has 0 aliphatic carbocycles. The van der Waals surface area contributed by atoms with Gasteiger partial charge in [-0.05, 0) is 43.3 Å². The summed E-state index contributed by atoms with van der Waals surface area (Å²) in [5, 5.41) is 7.56. The average Bonchev–Trinajstić information content (AvgIpc) is 3.12. The molecule has 146 valence electrons. The molecular weight excluding hydrogens is 381 g/mol. The molecule has 5 nitrogen and oxygen atoms in total. The number of carbonyl (C=O) groups excluding carboxylic acids is 1. The van der Waals surface area contributed by atoms with Crippen molar-refractivity contribution < 1.29 is 18.0 Å². The van der Waals surface area contributed by atoms with Crippen molar-refractivity contribution in [1.29, 1.82) is 0 Å². The molecule has 1 amide bonds. The Balaban J connectivity index is 1.73. The van der Waals surface area contributed by atoms with E-state index in [9.17, 15) is 18.0 Å². The number of amides is 1. The molecule has 29 heavy (non-hydrogen) atoms. The van der Waals surface area contributed by atoms with Gasteiger partial charge in [-0.15, -0.1) is 0 Å². The maximum absolute atomic E-state index is 13.2. The van der Waals surface area contributed by atoms with Gasteiger partial charge in [0.15, 0.2) is 0 Å². The van der Waals surface area contributed by atoms with Crippen LogP contribution in [0.25, 0.3) is 16.6 Å². The summed E-state index contributed by atoms with van der Waals surface area (Å²) in [5.41, 5.74) is 1.28. The van der Waals surface area contributed by atoms with E-state index in [1.807, 2.05) is 19.1 Å². The van der Waals surface area contributed by atoms with Crippen molar-refractivity contribution in [1.82, 2.24) is 14.8 Å². The van der Waals surface area contributed by atoms with Crippen molar-refractivity contribution in [3.63, 3.8) is 0 Å². The van der Waals surface area contributed by atoms with E-state index >= 15 is 0 Å². The van der Waals surface area contributed by atoms with Gasteiger partial charge in [0.2, 0.25) is 0 Å². The Labute approximate surface area is 163 Å². The lowest BCUT2D eigenvalue weighted by Gasteiger charge is -2.13. The van der Waals surface area contributed by atoms with Gasteiger partial charge in [0.1, 0.15) is 0 Å². The third kappa shape index (κ3) is 3.56. The van der Waals surface area contributed by atoms with E-state index in [4.69, 9.17) is 0 Å². The third-order valence-electron chi connectivity index (χ3n) is 4.46. The van der Waals surface area contributed by atoms with E-state index in [1.165, 1.54) is 12.1 Å². The Kier molecular flexibility index (Phi) is 4.54. The highest BCUT2D eigenvalue weighted by Gasteiger charge is 2.34. The summed E-state index contributed by atoms with van der Waals surface area (Å²) in [4.78, 5) is 16.8. The van der Waals surface area contributed by atoms with Crippen LogP contribution in [0.1, 0.15) is 21.6 Å². The molecule has 8 heteroatoms. The monoisotopic (exact) mass is 396 g/mol. The molecule has 0 atom stereocenters. The summed E-state index contributed by atoms with van der Waals surface area (Å²) in [6.07, 6.45) is -1.39. The number of carbonyl (C=O) groups is 1. The molecule has 0 fully saturated rings. The number of aromatic nitrogens is 3. The minimum atomic E-state index is -4.62. The topological polar surface area (TPSA) is 59.8 Å². The molecule has 0 aliphatic rings. The number of alkyl halides is 3. The van der Waals surface area contributed by atoms with Crippen LogP contribution in [0.4, 0.5) is 18.9 Å². The minimum Gasteiger partial charge on any atom is -0.321 e. The second-order valence-corrected chi connectivity index (χ2v) is 6.45. The van der Waals surface area contributed by atoms with Gasteiger partial charge in [0.25, 0.3) is 5.91 Å². The molecule has 1 N–H and O–H groups in total. The van der Waals surface area contributed by atoms with Gasteiger partial charge in [-0.3, -0.25) is 9.78 Å². The van der Waals surface area contributed by atoms with Crippen LogP contribution in [-0.2, 0) is 6.18 Å². The van der Waals surface area contributed by atoms with Gasteiger partial charge in [0.05, 0.1) is 34.2 Å². The van der Waals surface area contributed by atoms with E-state index in [0.29, 0.717) is 16.6 Å². The van der Waals surface area contributed by atoms with Crippen LogP contribution in [-0.4, -0.2) is 20.7 Å². The zero-order chi connectivity index (χ0) is 20.6. The normalized spacial score (nSPS) is 11.6. The quantitative estimate of drug-likeness (QED) is 0.530. The van der Waals surface area contributed by atoms with Crippen molar-refractivity contribution in [2.75, 3.05) is 5.32 Å². The summed E-state index contributed by atoms with van der Waals surface area (Å²) < 4.78 is 41.4. The number of nitrogens with one attached hydrogen (secondary N) is 1. The molecule has 4 rings (SSSR count). The molecule has 0 unspecified atom stereocenters. The Hall–Kier alpha value is -3.68. The van der Waals surface area contributed by atoms with Crippen molar-refractivity contribution >= 4 is 22.5 Å². The van der Waals surface area contributed by atoms with Gasteiger partial charge in [-0.2, -0.15) is 18.3 Å². The van der Waals surface area contributed by atoms with Crippen molar-refractivity contribution in [3.05, 3.63) is 83.8 Å². The lowest BCUT2D eigenvalue weighted by molar-refractivity contribution is -0.137. The standard InChI is InChI=1S/C21H15F3N4O/c1-13-11-14(9-10-25-13)28-19-8-4-7-18(16(19)12-26-28)27-20(29)15-5-2-3-6-17(15)21(22,23)24/h2-12H,1H3,(H,27,29). The van der Waals surface area contributed by atoms with Crippen LogP contribution >= 0.6 is 0 Å². The number of hydrogen-bond donors (Lipinski definition) is 1. The smallest absolute Gasteiger partial charge is 0.321 e. The van der Waals surface area contributed by atoms with Gasteiger partial charge in [-0.1, -0.05) is 18.2 Å². The van der Waals surface area contributed by atoms with Crippen molar-refractivity contribution in [2.45, 2.75) is 13.1 Å². The molecule has 0 bridgehead atoms. The number of anilines is 1. The van der Waals surface area contributed by atoms with E-state index in [1.54, 1.807) is 35.3 Å². The summed E-state index contributed by atoms with van der Waals surface area (Å²) in [6, 6.07) is 13.5. The fourth-order valence-electron chi connectivity index (χ4n) is 3.15. The zero-order valence-corrected chi connectivity index (χ0v) is 15.2. The van der Waals surface area contributed by atoms with E-state index in [-0.39, 0.29) is 0 Å². The highest BCUT2D eigenvalue weighted by Crippen LogP contribution is 2.33. The fourth-order valence-corrected chi connectivity index (χ4v) is 3.15. The second kappa shape index (κ2) is 7.05. The Morgan fingerprint density at radius 1 is 1.07 bits per heavy atom. The number of rotatable bonds is 3. The number of halogens is 3. The molecule has 2 aromatic carbocycles. The van der Waals surface area contributed by atoms with Crippen LogP contribution in [0.2, 0.25) is 0 Å². The number of fused-ring (bicyclic) bond motifs is 1. The Morgan fingerprint density at radius 3 is 2.62 bits per heavy atom. The molecular formula is C21H15F3N4O. The summed E-state index contributed by atoms with van der Waals surface area (Å²) in [7, 11) is 0. The number of benzene rings is 2. The molecule has 2 aromatic heterocycles. The minimum absolute atomic E-state index is 0.376. The van der Waals surface area contributed by atoms with Crippen LogP contribution < -0.4 is 5.32 Å². The van der Waals surface area contributed by atoms with Gasteiger partial charge < -0.3 is 5.32 Å². The maximum atomic E-state index is 13.2. The summed E-state index contributed by atoms with van der Waals surface area (Å²) in [5.74, 6) is -0.835. The van der Waals surface area contributed by atoms with Crippen molar-refractivity contribution in [2.24, 2.45) is 0 Å². The lowest BCUT2D eigenvalue weighted by atomic mass is 10.1. The van der Waals surface area contributed by atoms with Crippen LogP contribution in [0.5, 0.6) is 0 Å². The SMILES string of the molecule is Cc1cc(-n2ncc3c(NC(=O)c4ccccc4C(F)(F)F)cccc32)ccn1. The van der Waals surface area contributed by atoms with Crippen LogP contribution in [0, 0.1) is 6.92 Å². The zero-order valence-electron chi connectivity index (χ0n) is 15.2. The molecule has 0 spiro atoms. The number of hydrogen-bond acceptors (Lipinski definition) is 3. The molecule has 0 aliphatic heterocycles. The predicted molar refractivity (Wildman–Crippen MR) is 103 cm³/mol. The first kappa shape index (κ1) is 18.7. The van der Waals surface area contributed by atoms with Crippen LogP contribution in [0.3, 0.4) is 0 Å². The second-order valence-electron chi connectivity index (χ2n) is 6.45. The maximum Gasteiger partial charge on any atom is 0.417 e. The highest BCUT2D eigenvalue weighted by atomic mass is 19.4. The Morgan fingerprint density at radius 2 is 1.86 bits per heavy atom. The summed E-state index contributed by atoms with van der Waals surface area (Å²) in [6.45, 7) is 1.86. The number of nitrogens with zero attached hydrogens (tertiary/aromatic N) is 3. The van der Waals surface area contributed by atoms with Gasteiger partial charge in [-0.25, -0.2) is 4.68 Å². The number of aryl methyl sites for hydroxylation is 1. The first-order valence-electron chi connectivity index (χ1n) is 8.72. The molecule has 0 radical (unpaired) electrons. The van der Waals surface area contributed by atoms with Crippen LogP contribution in [0.15, 0.2) is 67.0 Å². The summed E-state index contributed by atoms with van der Waals surface area (Å²) >= 11 is 0. The largest absolute Gasteiger partial charge is 0.417 e. The molecule has 4 aromatic rings. The lowest BCUT2D eigenvalue weighted by Crippen LogP contribution is -2.18. The third-order valence-corrected chi connectivity index (χ3v) is 4.46. The molecule has 2 heterocycles.